The van der Waals surface area contributed by atoms with Crippen LogP contribution in [0.25, 0.3) is 0 Å². The molecule has 0 fully saturated rings. The molecule has 0 spiro atoms. The molecule has 0 aromatic rings. The molecule has 0 bridgehead atoms. The second-order valence-corrected chi connectivity index (χ2v) is 7.18. The van der Waals surface area contributed by atoms with Gasteiger partial charge in [-0.3, -0.25) is 9.11 Å². The van der Waals surface area contributed by atoms with Crippen molar-refractivity contribution < 1.29 is 45.6 Å². The quantitative estimate of drug-likeness (QED) is 0.185. The van der Waals surface area contributed by atoms with E-state index in [0.717, 1.165) is 0 Å². The second kappa shape index (κ2) is 10.1. The summed E-state index contributed by atoms with van der Waals surface area (Å²) < 4.78 is 68.2. The smallest absolute Gasteiger partial charge is 0.267 e. The van der Waals surface area contributed by atoms with Crippen LogP contribution in [0.3, 0.4) is 0 Å². The normalized spacial score (nSPS) is 14.9. The van der Waals surface area contributed by atoms with Crippen LogP contribution in [0.5, 0.6) is 0 Å². The summed E-state index contributed by atoms with van der Waals surface area (Å²) in [5.41, 5.74) is 0. The van der Waals surface area contributed by atoms with Crippen molar-refractivity contribution in [2.45, 2.75) is 12.2 Å². The van der Waals surface area contributed by atoms with Crippen molar-refractivity contribution in [2.24, 2.45) is 0 Å². The molecule has 0 radical (unpaired) electrons. The maximum atomic E-state index is 10.4. The first kappa shape index (κ1) is 21.2. The van der Waals surface area contributed by atoms with Crippen LogP contribution >= 0.6 is 0 Å². The average Bonchev–Trinajstić information content (AvgIpc) is 2.27. The van der Waals surface area contributed by atoms with Gasteiger partial charge in [0.25, 0.3) is 20.2 Å². The van der Waals surface area contributed by atoms with Crippen LogP contribution in [0.2, 0.25) is 0 Å². The standard InChI is InChI=1S/C10H18O10S2/c11-9(7-21(13,14)15)5-19-3-1-2-4-20-6-10(12)8-22(16,17)18/h9-12H,3-8H2,(H,13,14,15)(H,16,17,18)/t9-,10+. The molecule has 0 saturated heterocycles. The molecule has 2 atom stereocenters. The monoisotopic (exact) mass is 362 g/mol. The van der Waals surface area contributed by atoms with Gasteiger partial charge in [-0.1, -0.05) is 11.8 Å². The van der Waals surface area contributed by atoms with Crippen LogP contribution in [0.1, 0.15) is 0 Å². The van der Waals surface area contributed by atoms with Crippen molar-refractivity contribution in [2.75, 3.05) is 37.9 Å². The Hall–Kier alpha value is -0.780. The van der Waals surface area contributed by atoms with Crippen LogP contribution in [0.4, 0.5) is 0 Å². The fourth-order valence-electron chi connectivity index (χ4n) is 1.18. The third-order valence-electron chi connectivity index (χ3n) is 1.90. The van der Waals surface area contributed by atoms with Gasteiger partial charge in [0.15, 0.2) is 0 Å². The van der Waals surface area contributed by atoms with Crippen LogP contribution in [0.15, 0.2) is 0 Å². The molecular weight excluding hydrogens is 344 g/mol. The first-order chi connectivity index (χ1) is 9.99. The van der Waals surface area contributed by atoms with Gasteiger partial charge in [-0.25, -0.2) is 0 Å². The lowest BCUT2D eigenvalue weighted by molar-refractivity contribution is 0.0604. The van der Waals surface area contributed by atoms with E-state index in [1.165, 1.54) is 0 Å². The lowest BCUT2D eigenvalue weighted by Crippen LogP contribution is -2.25. The molecular formula is C10H18O10S2. The molecule has 0 aliphatic carbocycles. The Balaban J connectivity index is 3.70. The average molecular weight is 362 g/mol. The Kier molecular flexibility index (Phi) is 9.72. The van der Waals surface area contributed by atoms with Gasteiger partial charge in [0, 0.05) is 0 Å². The predicted molar refractivity (Wildman–Crippen MR) is 74.3 cm³/mol. The minimum absolute atomic E-state index is 0.126. The molecule has 0 saturated carbocycles. The Morgan fingerprint density at radius 3 is 1.36 bits per heavy atom. The zero-order chi connectivity index (χ0) is 17.2. The van der Waals surface area contributed by atoms with Crippen LogP contribution in [0, 0.1) is 11.8 Å². The van der Waals surface area contributed by atoms with Gasteiger partial charge in [0.2, 0.25) is 0 Å². The molecule has 0 heterocycles. The molecule has 0 aliphatic rings. The van der Waals surface area contributed by atoms with Crippen molar-refractivity contribution in [1.82, 2.24) is 0 Å². The molecule has 0 rings (SSSR count). The maximum absolute atomic E-state index is 10.4. The number of aliphatic hydroxyl groups is 2. The summed E-state index contributed by atoms with van der Waals surface area (Å²) in [6.45, 7) is -0.913. The van der Waals surface area contributed by atoms with Crippen LogP contribution < -0.4 is 0 Å². The number of ether oxygens (including phenoxy) is 2. The first-order valence-corrected chi connectivity index (χ1v) is 9.09. The Morgan fingerprint density at radius 2 is 1.09 bits per heavy atom. The van der Waals surface area contributed by atoms with E-state index in [9.17, 15) is 16.8 Å². The summed E-state index contributed by atoms with van der Waals surface area (Å²) in [7, 11) is -8.54. The number of hydrogen-bond donors (Lipinski definition) is 4. The maximum Gasteiger partial charge on any atom is 0.267 e. The summed E-state index contributed by atoms with van der Waals surface area (Å²) >= 11 is 0. The Morgan fingerprint density at radius 1 is 0.773 bits per heavy atom. The highest BCUT2D eigenvalue weighted by Crippen LogP contribution is 1.92. The van der Waals surface area contributed by atoms with Crippen LogP contribution in [-0.4, -0.2) is 86.3 Å². The lowest BCUT2D eigenvalue weighted by atomic mass is 10.4. The highest BCUT2D eigenvalue weighted by atomic mass is 32.2. The third-order valence-corrected chi connectivity index (χ3v) is 3.51. The van der Waals surface area contributed by atoms with Gasteiger partial charge in [-0.15, -0.1) is 0 Å². The summed E-state index contributed by atoms with van der Waals surface area (Å²) in [5.74, 6) is 3.24. The van der Waals surface area contributed by atoms with E-state index in [-0.39, 0.29) is 26.4 Å². The molecule has 4 N–H and O–H groups in total. The molecule has 12 heteroatoms. The van der Waals surface area contributed by atoms with E-state index in [1.54, 1.807) is 0 Å². The van der Waals surface area contributed by atoms with E-state index < -0.39 is 43.9 Å². The molecule has 10 nitrogen and oxygen atoms in total. The van der Waals surface area contributed by atoms with Crippen molar-refractivity contribution >= 4 is 20.2 Å². The summed E-state index contributed by atoms with van der Waals surface area (Å²) in [4.78, 5) is 0. The highest BCUT2D eigenvalue weighted by Gasteiger charge is 2.14. The summed E-state index contributed by atoms with van der Waals surface area (Å²) in [6.07, 6.45) is -2.74. The summed E-state index contributed by atoms with van der Waals surface area (Å²) in [5, 5.41) is 18.3. The number of rotatable bonds is 10. The fourth-order valence-corrected chi connectivity index (χ4v) is 2.34. The predicted octanol–water partition coefficient (Wildman–Crippen LogP) is -2.48. The molecule has 0 aliphatic heterocycles. The second-order valence-electron chi connectivity index (χ2n) is 4.19. The van der Waals surface area contributed by atoms with E-state index in [4.69, 9.17) is 28.8 Å². The first-order valence-electron chi connectivity index (χ1n) is 5.87. The van der Waals surface area contributed by atoms with Crippen molar-refractivity contribution in [1.29, 1.82) is 0 Å². The minimum atomic E-state index is -4.27. The summed E-state index contributed by atoms with van der Waals surface area (Å²) in [6, 6.07) is 0. The third kappa shape index (κ3) is 15.6. The number of hydrogen-bond acceptors (Lipinski definition) is 8. The molecule has 22 heavy (non-hydrogen) atoms. The van der Waals surface area contributed by atoms with Gasteiger partial charge >= 0.3 is 0 Å². The van der Waals surface area contributed by atoms with Gasteiger partial charge < -0.3 is 19.7 Å². The molecule has 130 valence electrons. The molecule has 0 aromatic heterocycles. The van der Waals surface area contributed by atoms with E-state index >= 15 is 0 Å². The molecule has 0 unspecified atom stereocenters. The van der Waals surface area contributed by atoms with Crippen molar-refractivity contribution in [3.05, 3.63) is 0 Å². The number of aliphatic hydroxyl groups excluding tert-OH is 2. The highest BCUT2D eigenvalue weighted by molar-refractivity contribution is 7.86. The van der Waals surface area contributed by atoms with Crippen LogP contribution in [-0.2, 0) is 29.7 Å². The zero-order valence-electron chi connectivity index (χ0n) is 11.5. The molecule has 0 amide bonds. The van der Waals surface area contributed by atoms with Gasteiger partial charge in [0.1, 0.15) is 24.7 Å². The zero-order valence-corrected chi connectivity index (χ0v) is 13.1. The Bertz CT molecular complexity index is 521. The van der Waals surface area contributed by atoms with Gasteiger partial charge in [-0.05, 0) is 0 Å². The van der Waals surface area contributed by atoms with E-state index in [2.05, 4.69) is 11.8 Å². The minimum Gasteiger partial charge on any atom is -0.390 e. The molecule has 0 aromatic carbocycles. The topological polar surface area (TPSA) is 168 Å². The van der Waals surface area contributed by atoms with Crippen molar-refractivity contribution in [3.8, 4) is 11.8 Å². The Labute approximate surface area is 128 Å². The van der Waals surface area contributed by atoms with Crippen molar-refractivity contribution in [3.63, 3.8) is 0 Å². The SMILES string of the molecule is O=S(=O)(O)C[C@H](O)COCC#CCOC[C@H](O)CS(=O)(=O)O. The van der Waals surface area contributed by atoms with Gasteiger partial charge in [-0.2, -0.15) is 16.8 Å². The van der Waals surface area contributed by atoms with E-state index in [1.807, 2.05) is 0 Å². The van der Waals surface area contributed by atoms with Gasteiger partial charge in [0.05, 0.1) is 25.4 Å². The van der Waals surface area contributed by atoms with E-state index in [0.29, 0.717) is 0 Å². The fraction of sp³-hybridized carbons (Fsp3) is 0.800. The lowest BCUT2D eigenvalue weighted by Gasteiger charge is -2.07. The largest absolute Gasteiger partial charge is 0.390 e.